The molecule has 2 aromatic rings. The van der Waals surface area contributed by atoms with E-state index < -0.39 is 18.9 Å². The molecule has 0 saturated carbocycles. The third-order valence-corrected chi connectivity index (χ3v) is 3.27. The molecule has 0 unspecified atom stereocenters. The number of aliphatic hydroxyl groups is 1. The minimum atomic E-state index is -2.63. The van der Waals surface area contributed by atoms with E-state index in [4.69, 9.17) is 9.84 Å². The van der Waals surface area contributed by atoms with E-state index in [1.54, 1.807) is 0 Å². The van der Waals surface area contributed by atoms with Gasteiger partial charge in [0.15, 0.2) is 6.61 Å². The first kappa shape index (κ1) is 17.8. The third-order valence-electron chi connectivity index (χ3n) is 3.27. The fourth-order valence-corrected chi connectivity index (χ4v) is 2.05. The maximum atomic E-state index is 12.2. The fraction of sp³-hybridized carbons (Fsp3) is 0.294. The standard InChI is InChI=1S/C17H18F2N2O3/c18-15(19)11-24-17-14(2-1-8-21-17)16(23)20-9-7-12-3-5-13(10-22)6-4-12/h1-6,8,15,22H,7,9-11H2,(H,20,23). The molecule has 0 aliphatic heterocycles. The zero-order valence-electron chi connectivity index (χ0n) is 12.9. The van der Waals surface area contributed by atoms with Crippen molar-refractivity contribution in [2.75, 3.05) is 13.2 Å². The van der Waals surface area contributed by atoms with Crippen LogP contribution in [0.4, 0.5) is 8.78 Å². The topological polar surface area (TPSA) is 71.5 Å². The predicted octanol–water partition coefficient (Wildman–Crippen LogP) is 2.19. The minimum absolute atomic E-state index is 0.0145. The average Bonchev–Trinajstić information content (AvgIpc) is 2.60. The van der Waals surface area contributed by atoms with E-state index in [0.717, 1.165) is 11.1 Å². The molecule has 1 aromatic carbocycles. The molecule has 1 amide bonds. The highest BCUT2D eigenvalue weighted by Crippen LogP contribution is 2.15. The largest absolute Gasteiger partial charge is 0.471 e. The number of carbonyl (C=O) groups excluding carboxylic acids is 1. The Bertz CT molecular complexity index is 663. The number of halogens is 2. The Labute approximate surface area is 138 Å². The summed E-state index contributed by atoms with van der Waals surface area (Å²) in [5, 5.41) is 11.7. The number of rotatable bonds is 8. The summed E-state index contributed by atoms with van der Waals surface area (Å²) < 4.78 is 29.3. The van der Waals surface area contributed by atoms with Gasteiger partial charge in [-0.05, 0) is 29.7 Å². The van der Waals surface area contributed by atoms with Gasteiger partial charge in [-0.25, -0.2) is 13.8 Å². The molecular weight excluding hydrogens is 318 g/mol. The van der Waals surface area contributed by atoms with Crippen molar-refractivity contribution in [3.63, 3.8) is 0 Å². The van der Waals surface area contributed by atoms with Gasteiger partial charge in [-0.2, -0.15) is 0 Å². The summed E-state index contributed by atoms with van der Waals surface area (Å²) in [5.41, 5.74) is 1.95. The van der Waals surface area contributed by atoms with Crippen molar-refractivity contribution in [3.8, 4) is 5.88 Å². The van der Waals surface area contributed by atoms with Crippen LogP contribution in [0.5, 0.6) is 5.88 Å². The molecule has 0 spiro atoms. The molecule has 1 aromatic heterocycles. The van der Waals surface area contributed by atoms with Crippen LogP contribution in [0.2, 0.25) is 0 Å². The Morgan fingerprint density at radius 1 is 1.21 bits per heavy atom. The molecule has 0 fully saturated rings. The number of carbonyl (C=O) groups is 1. The number of amides is 1. The maximum absolute atomic E-state index is 12.2. The Hall–Kier alpha value is -2.54. The summed E-state index contributed by atoms with van der Waals surface area (Å²) in [6.45, 7) is -0.450. The van der Waals surface area contributed by atoms with E-state index in [-0.39, 0.29) is 18.1 Å². The molecule has 0 aliphatic carbocycles. The van der Waals surface area contributed by atoms with Gasteiger partial charge in [-0.1, -0.05) is 24.3 Å². The molecule has 0 aliphatic rings. The summed E-state index contributed by atoms with van der Waals surface area (Å²) in [5.74, 6) is -0.540. The molecule has 0 saturated heterocycles. The van der Waals surface area contributed by atoms with Crippen LogP contribution in [-0.2, 0) is 13.0 Å². The second kappa shape index (κ2) is 8.93. The number of hydrogen-bond acceptors (Lipinski definition) is 4. The monoisotopic (exact) mass is 336 g/mol. The van der Waals surface area contributed by atoms with E-state index in [0.29, 0.717) is 13.0 Å². The van der Waals surface area contributed by atoms with Crippen molar-refractivity contribution in [2.24, 2.45) is 0 Å². The molecule has 5 nitrogen and oxygen atoms in total. The van der Waals surface area contributed by atoms with Gasteiger partial charge in [0.25, 0.3) is 12.3 Å². The number of hydrogen-bond donors (Lipinski definition) is 2. The van der Waals surface area contributed by atoms with Crippen LogP contribution in [0.25, 0.3) is 0 Å². The molecule has 0 radical (unpaired) electrons. The average molecular weight is 336 g/mol. The molecule has 128 valence electrons. The van der Waals surface area contributed by atoms with Crippen LogP contribution >= 0.6 is 0 Å². The summed E-state index contributed by atoms with van der Waals surface area (Å²) in [7, 11) is 0. The van der Waals surface area contributed by atoms with E-state index >= 15 is 0 Å². The molecule has 2 rings (SSSR count). The van der Waals surface area contributed by atoms with Crippen molar-refractivity contribution in [1.29, 1.82) is 0 Å². The lowest BCUT2D eigenvalue weighted by atomic mass is 10.1. The highest BCUT2D eigenvalue weighted by atomic mass is 19.3. The minimum Gasteiger partial charge on any atom is -0.471 e. The van der Waals surface area contributed by atoms with Crippen LogP contribution < -0.4 is 10.1 Å². The van der Waals surface area contributed by atoms with Gasteiger partial charge in [0, 0.05) is 12.7 Å². The number of aliphatic hydroxyl groups excluding tert-OH is 1. The molecule has 0 bridgehead atoms. The van der Waals surface area contributed by atoms with Crippen LogP contribution in [0.3, 0.4) is 0 Å². The molecule has 7 heteroatoms. The second-order valence-electron chi connectivity index (χ2n) is 5.04. The maximum Gasteiger partial charge on any atom is 0.272 e. The number of nitrogens with one attached hydrogen (secondary N) is 1. The van der Waals surface area contributed by atoms with Crippen LogP contribution in [-0.4, -0.2) is 35.6 Å². The van der Waals surface area contributed by atoms with E-state index in [2.05, 4.69) is 10.3 Å². The Morgan fingerprint density at radius 2 is 1.92 bits per heavy atom. The molecule has 24 heavy (non-hydrogen) atoms. The normalized spacial score (nSPS) is 10.7. The summed E-state index contributed by atoms with van der Waals surface area (Å²) in [6, 6.07) is 10.4. The van der Waals surface area contributed by atoms with Crippen LogP contribution in [0.15, 0.2) is 42.6 Å². The number of nitrogens with zero attached hydrogens (tertiary/aromatic N) is 1. The quantitative estimate of drug-likeness (QED) is 0.775. The van der Waals surface area contributed by atoms with E-state index in [9.17, 15) is 13.6 Å². The van der Waals surface area contributed by atoms with Crippen molar-refractivity contribution >= 4 is 5.91 Å². The van der Waals surface area contributed by atoms with Gasteiger partial charge < -0.3 is 15.2 Å². The lowest BCUT2D eigenvalue weighted by Crippen LogP contribution is -2.26. The van der Waals surface area contributed by atoms with Crippen molar-refractivity contribution in [2.45, 2.75) is 19.5 Å². The van der Waals surface area contributed by atoms with E-state index in [1.165, 1.54) is 18.3 Å². The Morgan fingerprint density at radius 3 is 2.58 bits per heavy atom. The predicted molar refractivity (Wildman–Crippen MR) is 84.1 cm³/mol. The van der Waals surface area contributed by atoms with Gasteiger partial charge in [-0.3, -0.25) is 4.79 Å². The molecule has 2 N–H and O–H groups in total. The Kier molecular flexibility index (Phi) is 6.62. The SMILES string of the molecule is O=C(NCCc1ccc(CO)cc1)c1cccnc1OCC(F)F. The zero-order chi connectivity index (χ0) is 17.4. The number of alkyl halides is 2. The van der Waals surface area contributed by atoms with Gasteiger partial charge in [-0.15, -0.1) is 0 Å². The fourth-order valence-electron chi connectivity index (χ4n) is 2.05. The van der Waals surface area contributed by atoms with Gasteiger partial charge in [0.05, 0.1) is 6.61 Å². The number of aromatic nitrogens is 1. The summed E-state index contributed by atoms with van der Waals surface area (Å²) in [6.07, 6.45) is -0.657. The third kappa shape index (κ3) is 5.27. The van der Waals surface area contributed by atoms with Gasteiger partial charge in [0.2, 0.25) is 5.88 Å². The number of pyridine rings is 1. The number of ether oxygens (including phenoxy) is 1. The van der Waals surface area contributed by atoms with Crippen LogP contribution in [0.1, 0.15) is 21.5 Å². The van der Waals surface area contributed by atoms with Crippen molar-refractivity contribution in [1.82, 2.24) is 10.3 Å². The van der Waals surface area contributed by atoms with Gasteiger partial charge >= 0.3 is 0 Å². The highest BCUT2D eigenvalue weighted by molar-refractivity contribution is 5.96. The molecular formula is C17H18F2N2O3. The first-order valence-corrected chi connectivity index (χ1v) is 7.43. The summed E-state index contributed by atoms with van der Waals surface area (Å²) >= 11 is 0. The highest BCUT2D eigenvalue weighted by Gasteiger charge is 2.14. The zero-order valence-corrected chi connectivity index (χ0v) is 12.9. The van der Waals surface area contributed by atoms with Crippen molar-refractivity contribution in [3.05, 3.63) is 59.3 Å². The second-order valence-corrected chi connectivity index (χ2v) is 5.04. The van der Waals surface area contributed by atoms with E-state index in [1.807, 2.05) is 24.3 Å². The first-order valence-electron chi connectivity index (χ1n) is 7.43. The number of benzene rings is 1. The smallest absolute Gasteiger partial charge is 0.272 e. The first-order chi connectivity index (χ1) is 11.6. The molecule has 0 atom stereocenters. The lowest BCUT2D eigenvalue weighted by molar-refractivity contribution is 0.0773. The lowest BCUT2D eigenvalue weighted by Gasteiger charge is -2.10. The summed E-state index contributed by atoms with van der Waals surface area (Å²) in [4.78, 5) is 16.0. The van der Waals surface area contributed by atoms with Gasteiger partial charge in [0.1, 0.15) is 5.56 Å². The molecule has 1 heterocycles. The van der Waals surface area contributed by atoms with Crippen LogP contribution in [0, 0.1) is 0 Å². The van der Waals surface area contributed by atoms with Crippen molar-refractivity contribution < 1.29 is 23.4 Å². The Balaban J connectivity index is 1.89.